The van der Waals surface area contributed by atoms with Gasteiger partial charge in [-0.05, 0) is 32.4 Å². The molecule has 4 nitrogen and oxygen atoms in total. The van der Waals surface area contributed by atoms with E-state index in [4.69, 9.17) is 4.74 Å². The summed E-state index contributed by atoms with van der Waals surface area (Å²) >= 11 is 0. The molecule has 1 heterocycles. The lowest BCUT2D eigenvalue weighted by Crippen LogP contribution is -2.40. The van der Waals surface area contributed by atoms with E-state index in [2.05, 4.69) is 5.32 Å². The maximum absolute atomic E-state index is 14.0. The first kappa shape index (κ1) is 15.8. The monoisotopic (exact) mass is 294 g/mol. The third-order valence-electron chi connectivity index (χ3n) is 3.87. The Morgan fingerprint density at radius 3 is 2.81 bits per heavy atom. The number of likely N-dealkylation sites (tertiary alicyclic amines) is 1. The van der Waals surface area contributed by atoms with Crippen molar-refractivity contribution in [2.45, 2.75) is 38.8 Å². The second-order valence-corrected chi connectivity index (χ2v) is 5.59. The van der Waals surface area contributed by atoms with Gasteiger partial charge in [0.15, 0.2) is 0 Å². The van der Waals surface area contributed by atoms with Crippen molar-refractivity contribution in [3.8, 4) is 5.75 Å². The van der Waals surface area contributed by atoms with E-state index in [1.165, 1.54) is 13.2 Å². The first-order chi connectivity index (χ1) is 10.0. The molecule has 1 N–H and O–H groups in total. The Hall–Kier alpha value is -1.62. The standard InChI is InChI=1S/C16H23FN2O2/c1-11(10-19-9-5-8-15(19)20)18-12(2)16-13(17)6-4-7-14(16)21-3/h4,6-7,11-12,18H,5,8-10H2,1-3H3. The van der Waals surface area contributed by atoms with Crippen molar-refractivity contribution < 1.29 is 13.9 Å². The van der Waals surface area contributed by atoms with Crippen LogP contribution in [0.4, 0.5) is 4.39 Å². The van der Waals surface area contributed by atoms with Gasteiger partial charge in [0.1, 0.15) is 11.6 Å². The minimum Gasteiger partial charge on any atom is -0.496 e. The number of methoxy groups -OCH3 is 1. The van der Waals surface area contributed by atoms with E-state index >= 15 is 0 Å². The fourth-order valence-corrected chi connectivity index (χ4v) is 2.91. The molecule has 2 unspecified atom stereocenters. The summed E-state index contributed by atoms with van der Waals surface area (Å²) in [5.74, 6) is 0.470. The maximum atomic E-state index is 14.0. The molecule has 1 amide bonds. The van der Waals surface area contributed by atoms with Crippen LogP contribution in [0.25, 0.3) is 0 Å². The van der Waals surface area contributed by atoms with Crippen molar-refractivity contribution >= 4 is 5.91 Å². The second kappa shape index (κ2) is 6.89. The van der Waals surface area contributed by atoms with Crippen LogP contribution in [-0.2, 0) is 4.79 Å². The van der Waals surface area contributed by atoms with Crippen LogP contribution in [0.3, 0.4) is 0 Å². The van der Waals surface area contributed by atoms with Crippen LogP contribution in [0.5, 0.6) is 5.75 Å². The van der Waals surface area contributed by atoms with Crippen LogP contribution in [-0.4, -0.2) is 37.0 Å². The maximum Gasteiger partial charge on any atom is 0.222 e. The van der Waals surface area contributed by atoms with Gasteiger partial charge in [-0.1, -0.05) is 6.07 Å². The molecule has 1 fully saturated rings. The summed E-state index contributed by atoms with van der Waals surface area (Å²) in [6.07, 6.45) is 1.58. The van der Waals surface area contributed by atoms with Gasteiger partial charge >= 0.3 is 0 Å². The molecule has 1 saturated heterocycles. The van der Waals surface area contributed by atoms with Crippen molar-refractivity contribution in [3.05, 3.63) is 29.6 Å². The molecule has 0 aliphatic carbocycles. The molecule has 0 radical (unpaired) electrons. The Kier molecular flexibility index (Phi) is 5.17. The van der Waals surface area contributed by atoms with Crippen LogP contribution in [0.15, 0.2) is 18.2 Å². The third-order valence-corrected chi connectivity index (χ3v) is 3.87. The molecule has 1 aliphatic heterocycles. The molecule has 2 atom stereocenters. The molecule has 21 heavy (non-hydrogen) atoms. The van der Waals surface area contributed by atoms with Gasteiger partial charge in [-0.3, -0.25) is 4.79 Å². The number of nitrogens with zero attached hydrogens (tertiary/aromatic N) is 1. The lowest BCUT2D eigenvalue weighted by Gasteiger charge is -2.26. The van der Waals surface area contributed by atoms with Gasteiger partial charge in [0, 0.05) is 37.2 Å². The number of carbonyl (C=O) groups excluding carboxylic acids is 1. The molecule has 1 aromatic rings. The number of benzene rings is 1. The van der Waals surface area contributed by atoms with Crippen LogP contribution in [0.2, 0.25) is 0 Å². The minimum atomic E-state index is -0.279. The van der Waals surface area contributed by atoms with Crippen molar-refractivity contribution in [1.82, 2.24) is 10.2 Å². The molecule has 1 aliphatic rings. The van der Waals surface area contributed by atoms with Gasteiger partial charge in [0.2, 0.25) is 5.91 Å². The van der Waals surface area contributed by atoms with Gasteiger partial charge in [-0.25, -0.2) is 4.39 Å². The van der Waals surface area contributed by atoms with Crippen molar-refractivity contribution in [2.24, 2.45) is 0 Å². The number of halogens is 1. The zero-order valence-corrected chi connectivity index (χ0v) is 12.9. The normalized spacial score (nSPS) is 17.9. The van der Waals surface area contributed by atoms with Crippen LogP contribution in [0, 0.1) is 5.82 Å². The summed E-state index contributed by atoms with van der Waals surface area (Å²) in [6.45, 7) is 5.39. The summed E-state index contributed by atoms with van der Waals surface area (Å²) in [6, 6.07) is 4.73. The second-order valence-electron chi connectivity index (χ2n) is 5.59. The Bertz CT molecular complexity index is 507. The summed E-state index contributed by atoms with van der Waals surface area (Å²) in [5, 5.41) is 3.35. The molecule has 0 spiro atoms. The highest BCUT2D eigenvalue weighted by Crippen LogP contribution is 2.28. The molecule has 0 saturated carbocycles. The molecule has 116 valence electrons. The highest BCUT2D eigenvalue weighted by Gasteiger charge is 2.23. The van der Waals surface area contributed by atoms with E-state index in [-0.39, 0.29) is 23.8 Å². The first-order valence-electron chi connectivity index (χ1n) is 7.39. The lowest BCUT2D eigenvalue weighted by molar-refractivity contribution is -0.127. The zero-order valence-electron chi connectivity index (χ0n) is 12.9. The minimum absolute atomic E-state index is 0.0892. The van der Waals surface area contributed by atoms with E-state index in [1.807, 2.05) is 18.7 Å². The fourth-order valence-electron chi connectivity index (χ4n) is 2.91. The molecular weight excluding hydrogens is 271 g/mol. The van der Waals surface area contributed by atoms with Gasteiger partial charge in [-0.2, -0.15) is 0 Å². The van der Waals surface area contributed by atoms with Gasteiger partial charge in [-0.15, -0.1) is 0 Å². The summed E-state index contributed by atoms with van der Waals surface area (Å²) in [4.78, 5) is 13.5. The van der Waals surface area contributed by atoms with E-state index in [1.54, 1.807) is 12.1 Å². The molecule has 2 rings (SSSR count). The Morgan fingerprint density at radius 1 is 1.43 bits per heavy atom. The largest absolute Gasteiger partial charge is 0.496 e. The summed E-state index contributed by atoms with van der Waals surface area (Å²) in [7, 11) is 1.54. The quantitative estimate of drug-likeness (QED) is 0.876. The topological polar surface area (TPSA) is 41.6 Å². The number of hydrogen-bond donors (Lipinski definition) is 1. The van der Waals surface area contributed by atoms with Crippen molar-refractivity contribution in [2.75, 3.05) is 20.2 Å². The highest BCUT2D eigenvalue weighted by molar-refractivity contribution is 5.78. The highest BCUT2D eigenvalue weighted by atomic mass is 19.1. The SMILES string of the molecule is COc1cccc(F)c1C(C)NC(C)CN1CCCC1=O. The lowest BCUT2D eigenvalue weighted by atomic mass is 10.1. The van der Waals surface area contributed by atoms with E-state index < -0.39 is 0 Å². The average molecular weight is 294 g/mol. The Labute approximate surface area is 125 Å². The molecular formula is C16H23FN2O2. The van der Waals surface area contributed by atoms with Gasteiger partial charge < -0.3 is 15.0 Å². The number of hydrogen-bond acceptors (Lipinski definition) is 3. The number of rotatable bonds is 6. The van der Waals surface area contributed by atoms with Crippen LogP contribution < -0.4 is 10.1 Å². The number of amides is 1. The van der Waals surface area contributed by atoms with E-state index in [0.29, 0.717) is 24.3 Å². The van der Waals surface area contributed by atoms with Crippen molar-refractivity contribution in [1.29, 1.82) is 0 Å². The average Bonchev–Trinajstić information content (AvgIpc) is 2.83. The third kappa shape index (κ3) is 3.73. The zero-order chi connectivity index (χ0) is 15.4. The van der Waals surface area contributed by atoms with Crippen LogP contribution in [0.1, 0.15) is 38.3 Å². The first-order valence-corrected chi connectivity index (χ1v) is 7.39. The molecule has 0 bridgehead atoms. The van der Waals surface area contributed by atoms with E-state index in [0.717, 1.165) is 13.0 Å². The van der Waals surface area contributed by atoms with E-state index in [9.17, 15) is 9.18 Å². The fraction of sp³-hybridized carbons (Fsp3) is 0.562. The Balaban J connectivity index is 2.00. The van der Waals surface area contributed by atoms with Gasteiger partial charge in [0.25, 0.3) is 0 Å². The summed E-state index contributed by atoms with van der Waals surface area (Å²) < 4.78 is 19.3. The van der Waals surface area contributed by atoms with Crippen molar-refractivity contribution in [3.63, 3.8) is 0 Å². The summed E-state index contributed by atoms with van der Waals surface area (Å²) in [5.41, 5.74) is 0.527. The molecule has 0 aromatic heterocycles. The molecule has 1 aromatic carbocycles. The number of carbonyl (C=O) groups is 1. The predicted octanol–water partition coefficient (Wildman–Crippen LogP) is 2.50. The van der Waals surface area contributed by atoms with Crippen LogP contribution >= 0.6 is 0 Å². The van der Waals surface area contributed by atoms with Gasteiger partial charge in [0.05, 0.1) is 7.11 Å². The Morgan fingerprint density at radius 2 is 2.19 bits per heavy atom. The number of nitrogens with one attached hydrogen (secondary N) is 1. The number of ether oxygens (including phenoxy) is 1. The predicted molar refractivity (Wildman–Crippen MR) is 79.8 cm³/mol. The molecule has 5 heteroatoms. The smallest absolute Gasteiger partial charge is 0.222 e.